The Morgan fingerprint density at radius 1 is 1.39 bits per heavy atom. The molecule has 1 fully saturated rings. The van der Waals surface area contributed by atoms with Crippen LogP contribution in [0.3, 0.4) is 0 Å². The quantitative estimate of drug-likeness (QED) is 0.574. The molecule has 0 unspecified atom stereocenters. The lowest BCUT2D eigenvalue weighted by molar-refractivity contribution is -0.136. The number of aromatic nitrogens is 2. The molecule has 1 aromatic heterocycles. The highest BCUT2D eigenvalue weighted by Crippen LogP contribution is 2.14. The minimum Gasteiger partial charge on any atom is -0.456 e. The van der Waals surface area contributed by atoms with Crippen molar-refractivity contribution < 1.29 is 9.53 Å². The van der Waals surface area contributed by atoms with Crippen molar-refractivity contribution in [3.8, 4) is 11.8 Å². The average Bonchev–Trinajstić information content (AvgIpc) is 2.91. The van der Waals surface area contributed by atoms with Gasteiger partial charge in [0, 0.05) is 31.4 Å². The molecule has 5 heteroatoms. The van der Waals surface area contributed by atoms with Crippen molar-refractivity contribution in [3.63, 3.8) is 0 Å². The van der Waals surface area contributed by atoms with Crippen molar-refractivity contribution in [1.82, 2.24) is 9.97 Å². The Kier molecular flexibility index (Phi) is 4.13. The van der Waals surface area contributed by atoms with Gasteiger partial charge in [-0.15, -0.1) is 0 Å². The topological polar surface area (TPSA) is 55.3 Å². The van der Waals surface area contributed by atoms with Crippen LogP contribution < -0.4 is 4.90 Å². The Bertz CT molecular complexity index is 467. The minimum absolute atomic E-state index is 0.331. The van der Waals surface area contributed by atoms with E-state index in [0.29, 0.717) is 12.2 Å². The smallest absolute Gasteiger partial charge is 0.384 e. The summed E-state index contributed by atoms with van der Waals surface area (Å²) in [4.78, 5) is 21.7. The molecule has 94 valence electrons. The molecule has 0 N–H and O–H groups in total. The van der Waals surface area contributed by atoms with Gasteiger partial charge in [0.25, 0.3) is 0 Å². The summed E-state index contributed by atoms with van der Waals surface area (Å²) >= 11 is 0. The molecule has 2 heterocycles. The van der Waals surface area contributed by atoms with Crippen LogP contribution in [0.5, 0.6) is 0 Å². The summed E-state index contributed by atoms with van der Waals surface area (Å²) in [5.41, 5.74) is 0.617. The molecule has 0 atom stereocenters. The van der Waals surface area contributed by atoms with Crippen molar-refractivity contribution in [3.05, 3.63) is 18.0 Å². The van der Waals surface area contributed by atoms with Crippen LogP contribution in [0.25, 0.3) is 0 Å². The van der Waals surface area contributed by atoms with Gasteiger partial charge < -0.3 is 9.64 Å². The molecule has 18 heavy (non-hydrogen) atoms. The average molecular weight is 245 g/mol. The molecule has 1 aliphatic heterocycles. The molecule has 0 radical (unpaired) electrons. The lowest BCUT2D eigenvalue weighted by atomic mass is 10.3. The monoisotopic (exact) mass is 245 g/mol. The van der Waals surface area contributed by atoms with E-state index >= 15 is 0 Å². The lowest BCUT2D eigenvalue weighted by Crippen LogP contribution is -2.20. The van der Waals surface area contributed by atoms with Crippen molar-refractivity contribution in [2.75, 3.05) is 24.6 Å². The van der Waals surface area contributed by atoms with Crippen molar-refractivity contribution in [2.24, 2.45) is 0 Å². The first-order valence-electron chi connectivity index (χ1n) is 6.05. The third-order valence-corrected chi connectivity index (χ3v) is 2.61. The first kappa shape index (κ1) is 12.4. The Labute approximate surface area is 106 Å². The molecule has 1 saturated heterocycles. The summed E-state index contributed by atoms with van der Waals surface area (Å²) < 4.78 is 4.71. The maximum atomic E-state index is 11.0. The van der Waals surface area contributed by atoms with Crippen LogP contribution in [0.15, 0.2) is 12.4 Å². The molecular weight excluding hydrogens is 230 g/mol. The number of nitrogens with zero attached hydrogens (tertiary/aromatic N) is 3. The highest BCUT2D eigenvalue weighted by atomic mass is 16.5. The van der Waals surface area contributed by atoms with Crippen LogP contribution in [0.1, 0.15) is 25.3 Å². The number of esters is 1. The molecule has 1 aromatic rings. The van der Waals surface area contributed by atoms with Crippen LogP contribution in [-0.4, -0.2) is 35.6 Å². The van der Waals surface area contributed by atoms with E-state index < -0.39 is 5.97 Å². The molecule has 1 aliphatic rings. The molecule has 0 aromatic carbocycles. The molecule has 0 bridgehead atoms. The summed E-state index contributed by atoms with van der Waals surface area (Å²) in [7, 11) is 0. The summed E-state index contributed by atoms with van der Waals surface area (Å²) in [5.74, 6) is 5.27. The van der Waals surface area contributed by atoms with Gasteiger partial charge in [0.1, 0.15) is 0 Å². The normalized spacial score (nSPS) is 13.9. The fourth-order valence-electron chi connectivity index (χ4n) is 1.76. The SMILES string of the molecule is CCOC(=O)C#Cc1cnc(N2CCCC2)nc1. The second-order valence-corrected chi connectivity index (χ2v) is 3.94. The second kappa shape index (κ2) is 6.01. The number of carbonyl (C=O) groups excluding carboxylic acids is 1. The van der Waals surface area contributed by atoms with Crippen LogP contribution >= 0.6 is 0 Å². The predicted molar refractivity (Wildman–Crippen MR) is 67.0 cm³/mol. The second-order valence-electron chi connectivity index (χ2n) is 3.94. The molecule has 0 saturated carbocycles. The Morgan fingerprint density at radius 2 is 2.06 bits per heavy atom. The summed E-state index contributed by atoms with van der Waals surface area (Å²) in [6, 6.07) is 0. The summed E-state index contributed by atoms with van der Waals surface area (Å²) in [5, 5.41) is 0. The number of carbonyl (C=O) groups is 1. The van der Waals surface area contributed by atoms with Crippen molar-refractivity contribution in [2.45, 2.75) is 19.8 Å². The van der Waals surface area contributed by atoms with Gasteiger partial charge >= 0.3 is 5.97 Å². The van der Waals surface area contributed by atoms with Gasteiger partial charge in [-0.1, -0.05) is 5.92 Å². The van der Waals surface area contributed by atoms with Gasteiger partial charge in [0.05, 0.1) is 12.2 Å². The zero-order valence-electron chi connectivity index (χ0n) is 10.3. The molecule has 2 rings (SSSR count). The molecule has 5 nitrogen and oxygen atoms in total. The fourth-order valence-corrected chi connectivity index (χ4v) is 1.76. The number of hydrogen-bond donors (Lipinski definition) is 0. The van der Waals surface area contributed by atoms with Crippen LogP contribution in [0, 0.1) is 11.8 Å². The fraction of sp³-hybridized carbons (Fsp3) is 0.462. The van der Waals surface area contributed by atoms with Gasteiger partial charge in [-0.25, -0.2) is 14.8 Å². The number of rotatable bonds is 2. The zero-order valence-corrected chi connectivity index (χ0v) is 10.3. The lowest BCUT2D eigenvalue weighted by Gasteiger charge is -2.13. The Morgan fingerprint density at radius 3 is 2.67 bits per heavy atom. The highest BCUT2D eigenvalue weighted by molar-refractivity contribution is 5.89. The van der Waals surface area contributed by atoms with Crippen LogP contribution in [0.4, 0.5) is 5.95 Å². The Hall–Kier alpha value is -2.09. The predicted octanol–water partition coefficient (Wildman–Crippen LogP) is 0.991. The van der Waals surface area contributed by atoms with E-state index in [2.05, 4.69) is 26.7 Å². The van der Waals surface area contributed by atoms with Crippen molar-refractivity contribution >= 4 is 11.9 Å². The van der Waals surface area contributed by atoms with E-state index in [1.54, 1.807) is 19.3 Å². The van der Waals surface area contributed by atoms with Gasteiger partial charge in [0.2, 0.25) is 5.95 Å². The number of ether oxygens (including phenoxy) is 1. The standard InChI is InChI=1S/C13H15N3O2/c1-2-18-12(17)6-5-11-9-14-13(15-10-11)16-7-3-4-8-16/h9-10H,2-4,7-8H2,1H3. The zero-order chi connectivity index (χ0) is 12.8. The van der Waals surface area contributed by atoms with E-state index in [4.69, 9.17) is 4.74 Å². The minimum atomic E-state index is -0.527. The van der Waals surface area contributed by atoms with E-state index in [-0.39, 0.29) is 0 Å². The summed E-state index contributed by atoms with van der Waals surface area (Å²) in [6.45, 7) is 4.09. The molecular formula is C13H15N3O2. The molecule has 0 amide bonds. The maximum absolute atomic E-state index is 11.0. The van der Waals surface area contributed by atoms with Gasteiger partial charge in [-0.3, -0.25) is 0 Å². The summed E-state index contributed by atoms with van der Waals surface area (Å²) in [6.07, 6.45) is 5.64. The van der Waals surface area contributed by atoms with Gasteiger partial charge in [-0.2, -0.15) is 0 Å². The highest BCUT2D eigenvalue weighted by Gasteiger charge is 2.13. The molecule has 0 aliphatic carbocycles. The van der Waals surface area contributed by atoms with E-state index in [0.717, 1.165) is 19.0 Å². The van der Waals surface area contributed by atoms with E-state index in [9.17, 15) is 4.79 Å². The van der Waals surface area contributed by atoms with E-state index in [1.165, 1.54) is 12.8 Å². The van der Waals surface area contributed by atoms with E-state index in [1.807, 2.05) is 0 Å². The maximum Gasteiger partial charge on any atom is 0.384 e. The van der Waals surface area contributed by atoms with Gasteiger partial charge in [-0.05, 0) is 19.8 Å². The number of anilines is 1. The first-order valence-corrected chi connectivity index (χ1v) is 6.05. The van der Waals surface area contributed by atoms with Crippen molar-refractivity contribution in [1.29, 1.82) is 0 Å². The van der Waals surface area contributed by atoms with Gasteiger partial charge in [0.15, 0.2) is 0 Å². The Balaban J connectivity index is 2.01. The first-order chi connectivity index (χ1) is 8.79. The largest absolute Gasteiger partial charge is 0.456 e. The molecule has 0 spiro atoms. The number of hydrogen-bond acceptors (Lipinski definition) is 5. The third kappa shape index (κ3) is 3.20. The third-order valence-electron chi connectivity index (χ3n) is 2.61. The van der Waals surface area contributed by atoms with Crippen LogP contribution in [0.2, 0.25) is 0 Å². The van der Waals surface area contributed by atoms with Crippen LogP contribution in [-0.2, 0) is 9.53 Å².